The van der Waals surface area contributed by atoms with Gasteiger partial charge in [-0.3, -0.25) is 14.1 Å². The second-order valence-corrected chi connectivity index (χ2v) is 15.6. The second-order valence-electron chi connectivity index (χ2n) is 11.5. The van der Waals surface area contributed by atoms with Crippen LogP contribution in [-0.2, 0) is 29.2 Å². The summed E-state index contributed by atoms with van der Waals surface area (Å²) < 4.78 is 45.7. The topological polar surface area (TPSA) is 107 Å². The summed E-state index contributed by atoms with van der Waals surface area (Å²) in [4.78, 5) is 24.2. The Labute approximate surface area is 278 Å². The molecule has 0 amide bonds. The Balaban J connectivity index is 0.00000101. The SMILES string of the molecule is C1=CC[C]([AlH][CH]2CCCCC2)=C1.CCCCC(CC)COC(=O)CC(C(=O)OCC(CC)CCCC)S(=O)(=O)O.[NaH]. The summed E-state index contributed by atoms with van der Waals surface area (Å²) in [6.45, 7) is 8.35. The first-order chi connectivity index (χ1) is 19.1. The van der Waals surface area contributed by atoms with Crippen molar-refractivity contribution in [2.45, 2.75) is 134 Å². The Morgan fingerprint density at radius 1 is 0.951 bits per heavy atom. The van der Waals surface area contributed by atoms with Gasteiger partial charge >= 0.3 is 41.5 Å². The van der Waals surface area contributed by atoms with Crippen molar-refractivity contribution in [3.63, 3.8) is 0 Å². The Morgan fingerprint density at radius 2 is 1.51 bits per heavy atom. The van der Waals surface area contributed by atoms with Crippen LogP contribution in [-0.4, -0.2) is 88.1 Å². The molecule has 2 rings (SSSR count). The molecule has 0 aliphatic heterocycles. The van der Waals surface area contributed by atoms with Gasteiger partial charge in [0.15, 0.2) is 5.25 Å². The molecule has 3 unspecified atom stereocenters. The molecule has 0 saturated heterocycles. The quantitative estimate of drug-likeness (QED) is 0.105. The van der Waals surface area contributed by atoms with Crippen LogP contribution in [0.3, 0.4) is 0 Å². The number of esters is 2. The Hall–Kier alpha value is -0.138. The molecule has 7 nitrogen and oxygen atoms in total. The normalized spacial score (nSPS) is 17.2. The third kappa shape index (κ3) is 19.0. The number of unbranched alkanes of at least 4 members (excludes halogenated alkanes) is 2. The summed E-state index contributed by atoms with van der Waals surface area (Å²) in [6.07, 6.45) is 22.6. The molecule has 3 atom stereocenters. The van der Waals surface area contributed by atoms with Gasteiger partial charge in [-0.2, -0.15) is 8.42 Å². The van der Waals surface area contributed by atoms with Gasteiger partial charge in [0.05, 0.1) is 19.6 Å². The number of hydrogen-bond acceptors (Lipinski definition) is 6. The van der Waals surface area contributed by atoms with Gasteiger partial charge in [-0.15, -0.1) is 4.44 Å². The molecule has 41 heavy (non-hydrogen) atoms. The van der Waals surface area contributed by atoms with E-state index >= 15 is 0 Å². The Morgan fingerprint density at radius 3 is 1.98 bits per heavy atom. The van der Waals surface area contributed by atoms with Crippen LogP contribution < -0.4 is 0 Å². The third-order valence-electron chi connectivity index (χ3n) is 8.13. The molecule has 1 saturated carbocycles. The monoisotopic (exact) mass is 622 g/mol. The third-order valence-corrected chi connectivity index (χ3v) is 11.6. The predicted molar refractivity (Wildman–Crippen MR) is 171 cm³/mol. The molecular formula is C31H56AlNaO7S. The van der Waals surface area contributed by atoms with Gasteiger partial charge in [0.1, 0.15) is 0 Å². The van der Waals surface area contributed by atoms with Crippen LogP contribution in [0.1, 0.15) is 124 Å². The van der Waals surface area contributed by atoms with E-state index in [1.54, 1.807) is 12.8 Å². The van der Waals surface area contributed by atoms with Crippen LogP contribution in [0, 0.1) is 11.8 Å². The van der Waals surface area contributed by atoms with Crippen LogP contribution in [0.15, 0.2) is 22.7 Å². The first-order valence-corrected chi connectivity index (χ1v) is 18.8. The first-order valence-electron chi connectivity index (χ1n) is 15.8. The van der Waals surface area contributed by atoms with Crippen molar-refractivity contribution in [1.29, 1.82) is 0 Å². The summed E-state index contributed by atoms with van der Waals surface area (Å²) in [5.41, 5.74) is 0. The minimum absolute atomic E-state index is 0. The Bertz CT molecular complexity index is 885. The number of carbonyl (C=O) groups is 2. The van der Waals surface area contributed by atoms with Crippen molar-refractivity contribution >= 4 is 66.8 Å². The second kappa shape index (κ2) is 24.2. The molecule has 2 aliphatic rings. The maximum atomic E-state index is 12.2. The average Bonchev–Trinajstić information content (AvgIpc) is 3.45. The minimum atomic E-state index is -4.76. The summed E-state index contributed by atoms with van der Waals surface area (Å²) in [7, 11) is -4.76. The molecule has 0 aromatic carbocycles. The summed E-state index contributed by atoms with van der Waals surface area (Å²) in [5, 5.41) is -1.95. The molecule has 0 aromatic rings. The molecule has 0 radical (unpaired) electrons. The fraction of sp³-hybridized carbons (Fsp3) is 0.806. The molecule has 2 aliphatic carbocycles. The van der Waals surface area contributed by atoms with Crippen molar-refractivity contribution in [1.82, 2.24) is 0 Å². The standard InChI is InChI=1S/C20H38O7S.C6H11.C5H5.Al.Na.2H/c1-5-9-11-16(7-3)14-26-19(21)13-18(28(23,24)25)20(22)27-15-17(8-4)12-10-6-2;1-2-4-6-5-3-1;1-2-4-5-3-1;;;;/h16-18H,5-15H2,1-4H3,(H,23,24,25);1H,2-6H2;1-3H,4H2;;;;. The van der Waals surface area contributed by atoms with Crippen LogP contribution in [0.2, 0.25) is 4.78 Å². The van der Waals surface area contributed by atoms with Crippen LogP contribution in [0.5, 0.6) is 0 Å². The van der Waals surface area contributed by atoms with E-state index in [9.17, 15) is 22.6 Å². The first kappa shape index (κ1) is 40.9. The van der Waals surface area contributed by atoms with Gasteiger partial charge in [-0.1, -0.05) is 121 Å². The molecule has 1 N–H and O–H groups in total. The van der Waals surface area contributed by atoms with Crippen LogP contribution >= 0.6 is 0 Å². The van der Waals surface area contributed by atoms with E-state index in [1.165, 1.54) is 25.7 Å². The predicted octanol–water partition coefficient (Wildman–Crippen LogP) is 6.52. The Kier molecular flexibility index (Phi) is 24.1. The molecule has 1 fully saturated rings. The van der Waals surface area contributed by atoms with E-state index in [4.69, 9.17) is 9.47 Å². The van der Waals surface area contributed by atoms with Gasteiger partial charge in [0.25, 0.3) is 25.3 Å². The fourth-order valence-electron chi connectivity index (χ4n) is 5.23. The van der Waals surface area contributed by atoms with Gasteiger partial charge in [-0.25, -0.2) is 0 Å². The zero-order valence-corrected chi connectivity index (χ0v) is 27.8. The zero-order valence-electron chi connectivity index (χ0n) is 25.6. The average molecular weight is 623 g/mol. The van der Waals surface area contributed by atoms with Crippen molar-refractivity contribution in [2.75, 3.05) is 13.2 Å². The molecule has 10 heteroatoms. The summed E-state index contributed by atoms with van der Waals surface area (Å²) in [6, 6.07) is 0. The van der Waals surface area contributed by atoms with E-state index < -0.39 is 33.7 Å². The van der Waals surface area contributed by atoms with Crippen molar-refractivity contribution in [3.05, 3.63) is 22.7 Å². The van der Waals surface area contributed by atoms with Crippen molar-refractivity contribution in [2.24, 2.45) is 11.8 Å². The molecule has 232 valence electrons. The van der Waals surface area contributed by atoms with E-state index in [2.05, 4.69) is 32.1 Å². The molecule has 0 spiro atoms. The van der Waals surface area contributed by atoms with Crippen molar-refractivity contribution in [3.8, 4) is 0 Å². The van der Waals surface area contributed by atoms with Gasteiger partial charge in [-0.05, 0) is 31.1 Å². The van der Waals surface area contributed by atoms with E-state index in [0.717, 1.165) is 56.1 Å². The maximum absolute atomic E-state index is 12.2. The van der Waals surface area contributed by atoms with Crippen LogP contribution in [0.25, 0.3) is 0 Å². The number of rotatable bonds is 18. The number of ether oxygens (including phenoxy) is 2. The molecule has 0 heterocycles. The number of allylic oxidation sites excluding steroid dienone is 4. The summed E-state index contributed by atoms with van der Waals surface area (Å²) in [5.74, 6) is -1.61. The van der Waals surface area contributed by atoms with Gasteiger partial charge in [0.2, 0.25) is 0 Å². The number of carbonyl (C=O) groups excluding carboxylic acids is 2. The van der Waals surface area contributed by atoms with E-state index in [-0.39, 0.29) is 69.8 Å². The molecule has 0 bridgehead atoms. The van der Waals surface area contributed by atoms with Crippen molar-refractivity contribution < 1.29 is 32.0 Å². The molecule has 0 aromatic heterocycles. The van der Waals surface area contributed by atoms with E-state index in [1.807, 2.05) is 18.3 Å². The zero-order chi connectivity index (χ0) is 29.8. The van der Waals surface area contributed by atoms with Gasteiger partial charge in [0, 0.05) is 0 Å². The fourth-order valence-corrected chi connectivity index (χ4v) is 8.22. The van der Waals surface area contributed by atoms with Gasteiger partial charge < -0.3 is 9.47 Å². The van der Waals surface area contributed by atoms with E-state index in [0.29, 0.717) is 0 Å². The van der Waals surface area contributed by atoms with Crippen LogP contribution in [0.4, 0.5) is 0 Å². The molecular weight excluding hydrogens is 566 g/mol. The number of hydrogen-bond donors (Lipinski definition) is 1. The summed E-state index contributed by atoms with van der Waals surface area (Å²) >= 11 is 0.141.